The number of carbonyl (C=O) groups excluding carboxylic acids is 1. The largest absolute Gasteiger partial charge is 0.505 e. The van der Waals surface area contributed by atoms with E-state index in [1.54, 1.807) is 43.3 Å². The van der Waals surface area contributed by atoms with Crippen molar-refractivity contribution in [3.05, 3.63) is 58.9 Å². The van der Waals surface area contributed by atoms with Crippen LogP contribution in [0.25, 0.3) is 10.8 Å². The van der Waals surface area contributed by atoms with Crippen LogP contribution in [-0.2, 0) is 15.1 Å². The first-order valence-corrected chi connectivity index (χ1v) is 8.20. The second-order valence-electron chi connectivity index (χ2n) is 5.95. The number of aldehydes is 1. The van der Waals surface area contributed by atoms with E-state index >= 15 is 0 Å². The Morgan fingerprint density at radius 1 is 1.19 bits per heavy atom. The van der Waals surface area contributed by atoms with Crippen molar-refractivity contribution in [2.45, 2.75) is 12.5 Å². The number of carboxylic acid groups (broad SMARTS) is 1. The summed E-state index contributed by atoms with van der Waals surface area (Å²) in [5.41, 5.74) is 3.18. The molecule has 0 amide bonds. The molecule has 0 fully saturated rings. The zero-order valence-electron chi connectivity index (χ0n) is 14.1. The number of aromatic hydroxyl groups is 1. The van der Waals surface area contributed by atoms with Crippen LogP contribution in [0.3, 0.4) is 0 Å². The maximum atomic E-state index is 11.4. The molecule has 0 radical (unpaired) electrons. The molecule has 1 heterocycles. The molecular formula is C19H15ClN2O5. The summed E-state index contributed by atoms with van der Waals surface area (Å²) in [7, 11) is 0. The molecule has 138 valence electrons. The summed E-state index contributed by atoms with van der Waals surface area (Å²) in [6, 6.07) is 11.6. The van der Waals surface area contributed by atoms with Crippen molar-refractivity contribution in [3.63, 3.8) is 0 Å². The summed E-state index contributed by atoms with van der Waals surface area (Å²) in [4.78, 5) is 26.8. The highest BCUT2D eigenvalue weighted by Gasteiger charge is 2.41. The van der Waals surface area contributed by atoms with Crippen LogP contribution in [-0.4, -0.2) is 27.5 Å². The lowest BCUT2D eigenvalue weighted by Gasteiger charge is -2.20. The van der Waals surface area contributed by atoms with Gasteiger partial charge in [0.05, 0.1) is 0 Å². The van der Waals surface area contributed by atoms with E-state index in [0.717, 1.165) is 0 Å². The Morgan fingerprint density at radius 2 is 1.81 bits per heavy atom. The number of fused-ring (bicyclic) bond motifs is 1. The number of hydrogen-bond acceptors (Lipinski definition) is 6. The van der Waals surface area contributed by atoms with Gasteiger partial charge in [-0.15, -0.1) is 0 Å². The number of ether oxygens (including phenoxy) is 1. The summed E-state index contributed by atoms with van der Waals surface area (Å²) >= 11 is 5.85. The molecule has 1 unspecified atom stereocenters. The molecule has 1 aromatic heterocycles. The molecule has 2 aromatic carbocycles. The number of nitrogens with zero attached hydrogens (tertiary/aromatic N) is 1. The summed E-state index contributed by atoms with van der Waals surface area (Å²) in [5.74, 6) is -1.20. The SMILES string of the molecule is Cc1nc(C(N)(C=O)C(=O)O)c(O)c2cc(Oc3ccc(Cl)cc3)ccc12. The molecule has 0 aliphatic rings. The van der Waals surface area contributed by atoms with Crippen molar-refractivity contribution in [1.82, 2.24) is 4.98 Å². The van der Waals surface area contributed by atoms with E-state index in [4.69, 9.17) is 22.1 Å². The monoisotopic (exact) mass is 386 g/mol. The predicted octanol–water partition coefficient (Wildman–Crippen LogP) is 3.13. The predicted molar refractivity (Wildman–Crippen MR) is 99.2 cm³/mol. The molecule has 4 N–H and O–H groups in total. The van der Waals surface area contributed by atoms with Crippen LogP contribution < -0.4 is 10.5 Å². The lowest BCUT2D eigenvalue weighted by molar-refractivity contribution is -0.145. The molecule has 1 atom stereocenters. The van der Waals surface area contributed by atoms with Gasteiger partial charge in [-0.2, -0.15) is 0 Å². The highest BCUT2D eigenvalue weighted by molar-refractivity contribution is 6.30. The fraction of sp³-hybridized carbons (Fsp3) is 0.105. The fourth-order valence-corrected chi connectivity index (χ4v) is 2.77. The van der Waals surface area contributed by atoms with Gasteiger partial charge in [0.25, 0.3) is 0 Å². The van der Waals surface area contributed by atoms with E-state index in [0.29, 0.717) is 27.6 Å². The van der Waals surface area contributed by atoms with Crippen LogP contribution in [0.5, 0.6) is 17.2 Å². The summed E-state index contributed by atoms with van der Waals surface area (Å²) in [6.07, 6.45) is 0.0384. The van der Waals surface area contributed by atoms with Gasteiger partial charge in [-0.25, -0.2) is 4.79 Å². The molecule has 3 rings (SSSR count). The standard InChI is InChI=1S/C19H15ClN2O5/c1-10-14-7-6-13(27-12-4-2-11(20)3-5-12)8-15(14)16(24)17(22-10)19(21,9-23)18(25)26/h2-9,24H,21H2,1H3,(H,25,26). The Bertz CT molecular complexity index is 1050. The van der Waals surface area contributed by atoms with Crippen LogP contribution in [0.1, 0.15) is 11.4 Å². The van der Waals surface area contributed by atoms with Crippen LogP contribution in [0.2, 0.25) is 5.02 Å². The number of carboxylic acids is 1. The van der Waals surface area contributed by atoms with Crippen molar-refractivity contribution >= 4 is 34.6 Å². The molecule has 0 aliphatic carbocycles. The minimum atomic E-state index is -2.46. The molecule has 0 aliphatic heterocycles. The number of benzene rings is 2. The number of rotatable bonds is 5. The van der Waals surface area contributed by atoms with Crippen molar-refractivity contribution in [2.75, 3.05) is 0 Å². The number of hydrogen-bond donors (Lipinski definition) is 3. The quantitative estimate of drug-likeness (QED) is 0.454. The van der Waals surface area contributed by atoms with Gasteiger partial charge in [0.1, 0.15) is 22.9 Å². The van der Waals surface area contributed by atoms with Gasteiger partial charge in [-0.05, 0) is 49.4 Å². The molecule has 7 nitrogen and oxygen atoms in total. The summed E-state index contributed by atoms with van der Waals surface area (Å²) in [6.45, 7) is 1.62. The second kappa shape index (κ2) is 6.86. The van der Waals surface area contributed by atoms with Crippen LogP contribution in [0.4, 0.5) is 0 Å². The molecule has 0 saturated heterocycles. The van der Waals surface area contributed by atoms with Crippen molar-refractivity contribution in [2.24, 2.45) is 5.73 Å². The zero-order valence-corrected chi connectivity index (χ0v) is 14.9. The average molecular weight is 387 g/mol. The molecule has 3 aromatic rings. The number of aryl methyl sites for hydroxylation is 1. The molecule has 0 bridgehead atoms. The Labute approximate surface area is 159 Å². The maximum Gasteiger partial charge on any atom is 0.337 e. The van der Waals surface area contributed by atoms with Crippen LogP contribution >= 0.6 is 11.6 Å². The van der Waals surface area contributed by atoms with Gasteiger partial charge in [-0.1, -0.05) is 11.6 Å². The van der Waals surface area contributed by atoms with E-state index in [1.165, 1.54) is 6.07 Å². The van der Waals surface area contributed by atoms with E-state index in [2.05, 4.69) is 4.98 Å². The van der Waals surface area contributed by atoms with Crippen LogP contribution in [0.15, 0.2) is 42.5 Å². The summed E-state index contributed by atoms with van der Waals surface area (Å²) in [5, 5.41) is 21.3. The third kappa shape index (κ3) is 3.30. The smallest absolute Gasteiger partial charge is 0.337 e. The van der Waals surface area contributed by atoms with Crippen LogP contribution in [0, 0.1) is 6.92 Å². The number of halogens is 1. The van der Waals surface area contributed by atoms with Gasteiger partial charge in [0, 0.05) is 21.5 Å². The fourth-order valence-electron chi connectivity index (χ4n) is 2.64. The van der Waals surface area contributed by atoms with E-state index in [9.17, 15) is 19.8 Å². The Hall–Kier alpha value is -3.16. The van der Waals surface area contributed by atoms with Gasteiger partial charge >= 0.3 is 5.97 Å². The molecule has 0 spiro atoms. The third-order valence-corrected chi connectivity index (χ3v) is 4.37. The molecule has 27 heavy (non-hydrogen) atoms. The Morgan fingerprint density at radius 3 is 2.41 bits per heavy atom. The second-order valence-corrected chi connectivity index (χ2v) is 6.39. The number of nitrogens with two attached hydrogens (primary N) is 1. The van der Waals surface area contributed by atoms with E-state index < -0.39 is 23.0 Å². The lowest BCUT2D eigenvalue weighted by atomic mass is 9.94. The molecular weight excluding hydrogens is 372 g/mol. The normalized spacial score (nSPS) is 13.1. The maximum absolute atomic E-state index is 11.4. The minimum absolute atomic E-state index is 0.0384. The van der Waals surface area contributed by atoms with Gasteiger partial charge in [0.15, 0.2) is 6.29 Å². The van der Waals surface area contributed by atoms with Crippen molar-refractivity contribution in [3.8, 4) is 17.2 Å². The highest BCUT2D eigenvalue weighted by atomic mass is 35.5. The topological polar surface area (TPSA) is 123 Å². The lowest BCUT2D eigenvalue weighted by Crippen LogP contribution is -2.47. The van der Waals surface area contributed by atoms with Gasteiger partial charge in [0.2, 0.25) is 5.54 Å². The molecule has 0 saturated carbocycles. The zero-order chi connectivity index (χ0) is 19.8. The molecule has 8 heteroatoms. The first-order chi connectivity index (χ1) is 12.8. The number of carbonyl (C=O) groups is 2. The first kappa shape index (κ1) is 18.6. The van der Waals surface area contributed by atoms with Gasteiger partial charge < -0.3 is 25.5 Å². The Balaban J connectivity index is 2.14. The highest BCUT2D eigenvalue weighted by Crippen LogP contribution is 2.37. The minimum Gasteiger partial charge on any atom is -0.505 e. The van der Waals surface area contributed by atoms with Crippen molar-refractivity contribution < 1.29 is 24.5 Å². The third-order valence-electron chi connectivity index (χ3n) is 4.12. The first-order valence-electron chi connectivity index (χ1n) is 7.82. The van der Waals surface area contributed by atoms with Crippen molar-refractivity contribution in [1.29, 1.82) is 0 Å². The number of pyridine rings is 1. The van der Waals surface area contributed by atoms with E-state index in [1.807, 2.05) is 0 Å². The van der Waals surface area contributed by atoms with E-state index in [-0.39, 0.29) is 11.7 Å². The average Bonchev–Trinajstić information content (AvgIpc) is 2.65. The number of aliphatic carboxylic acids is 1. The van der Waals surface area contributed by atoms with Gasteiger partial charge in [-0.3, -0.25) is 4.98 Å². The Kier molecular flexibility index (Phi) is 4.73. The summed E-state index contributed by atoms with van der Waals surface area (Å²) < 4.78 is 5.73. The number of aromatic nitrogens is 1.